The van der Waals surface area contributed by atoms with Crippen LogP contribution in [0, 0.1) is 0 Å². The highest BCUT2D eigenvalue weighted by Gasteiger charge is 2.38. The molecule has 0 unspecified atom stereocenters. The molecule has 0 fully saturated rings. The number of hydrogen-bond donors (Lipinski definition) is 3. The standard InChI is InChI=1S/C27H33N3O8/c1-35-26(32)23-24(19-9-4-2-5-10-19)38-25(29-23)20-12-14-21(15-13-20)36-17-8-18-37-27(33)28-16-7-3-6-11-22(31)30-34/h2,4-5,9-10,12-15,23-24,34H,3,6-8,11,16-18H2,1H3,(H,28,33)(H,30,31)/t23-,24-/m0/s1. The zero-order chi connectivity index (χ0) is 27.2. The number of nitrogens with one attached hydrogen (secondary N) is 2. The number of nitrogens with zero attached hydrogens (tertiary/aromatic N) is 1. The molecule has 204 valence electrons. The molecular weight excluding hydrogens is 494 g/mol. The lowest BCUT2D eigenvalue weighted by molar-refractivity contribution is -0.143. The first-order valence-corrected chi connectivity index (χ1v) is 12.5. The Hall–Kier alpha value is -4.12. The number of hydrogen-bond acceptors (Lipinski definition) is 9. The molecule has 0 aromatic heterocycles. The number of hydroxylamine groups is 1. The van der Waals surface area contributed by atoms with Crippen molar-refractivity contribution in [1.29, 1.82) is 0 Å². The first kappa shape index (κ1) is 28.5. The minimum absolute atomic E-state index is 0.209. The number of benzene rings is 2. The van der Waals surface area contributed by atoms with Crippen LogP contribution in [0.25, 0.3) is 0 Å². The van der Waals surface area contributed by atoms with Gasteiger partial charge in [0.15, 0.2) is 12.1 Å². The summed E-state index contributed by atoms with van der Waals surface area (Å²) >= 11 is 0. The van der Waals surface area contributed by atoms with Gasteiger partial charge in [-0.2, -0.15) is 0 Å². The van der Waals surface area contributed by atoms with Crippen molar-refractivity contribution in [3.8, 4) is 5.75 Å². The van der Waals surface area contributed by atoms with Crippen LogP contribution in [0.1, 0.15) is 49.3 Å². The van der Waals surface area contributed by atoms with Gasteiger partial charge < -0.3 is 24.3 Å². The fourth-order valence-electron chi connectivity index (χ4n) is 3.73. The van der Waals surface area contributed by atoms with Gasteiger partial charge in [0.2, 0.25) is 11.8 Å². The van der Waals surface area contributed by atoms with Gasteiger partial charge in [0.25, 0.3) is 0 Å². The number of unbranched alkanes of at least 4 members (excludes halogenated alkanes) is 2. The number of aliphatic imine (C=N–C) groups is 1. The SMILES string of the molecule is COC(=O)[C@H]1N=C(c2ccc(OCCCOC(=O)NCCCCCC(=O)NO)cc2)O[C@H]1c1ccccc1. The summed E-state index contributed by atoms with van der Waals surface area (Å²) in [7, 11) is 1.33. The van der Waals surface area contributed by atoms with Crippen molar-refractivity contribution in [1.82, 2.24) is 10.8 Å². The number of rotatable bonds is 14. The van der Waals surface area contributed by atoms with Crippen LogP contribution in [0.3, 0.4) is 0 Å². The van der Waals surface area contributed by atoms with E-state index in [9.17, 15) is 14.4 Å². The highest BCUT2D eigenvalue weighted by molar-refractivity contribution is 5.98. The first-order valence-electron chi connectivity index (χ1n) is 12.5. The fraction of sp³-hybridized carbons (Fsp3) is 0.407. The Balaban J connectivity index is 1.36. The predicted molar refractivity (Wildman–Crippen MR) is 137 cm³/mol. The number of alkyl carbamates (subject to hydrolysis) is 1. The van der Waals surface area contributed by atoms with Gasteiger partial charge in [-0.25, -0.2) is 20.1 Å². The number of carbonyl (C=O) groups is 3. The second-order valence-electron chi connectivity index (χ2n) is 8.49. The van der Waals surface area contributed by atoms with Crippen molar-refractivity contribution in [2.75, 3.05) is 26.9 Å². The Morgan fingerprint density at radius 3 is 2.45 bits per heavy atom. The average molecular weight is 528 g/mol. The summed E-state index contributed by atoms with van der Waals surface area (Å²) in [5.41, 5.74) is 3.13. The molecule has 2 aromatic rings. The molecule has 3 rings (SSSR count). The Morgan fingerprint density at radius 1 is 0.974 bits per heavy atom. The normalized spacial score (nSPS) is 16.1. The second kappa shape index (κ2) is 15.2. The van der Waals surface area contributed by atoms with Crippen LogP contribution in [0.4, 0.5) is 4.79 Å². The smallest absolute Gasteiger partial charge is 0.407 e. The van der Waals surface area contributed by atoms with Gasteiger partial charge in [-0.05, 0) is 42.7 Å². The molecule has 0 saturated heterocycles. The monoisotopic (exact) mass is 527 g/mol. The van der Waals surface area contributed by atoms with E-state index in [1.807, 2.05) is 30.3 Å². The van der Waals surface area contributed by atoms with Crippen LogP contribution in [-0.2, 0) is 23.8 Å². The Bertz CT molecular complexity index is 1080. The molecule has 1 heterocycles. The fourth-order valence-corrected chi connectivity index (χ4v) is 3.73. The van der Waals surface area contributed by atoms with Gasteiger partial charge >= 0.3 is 12.1 Å². The molecular formula is C27H33N3O8. The molecule has 3 N–H and O–H groups in total. The molecule has 0 bridgehead atoms. The third-order valence-electron chi connectivity index (χ3n) is 5.72. The molecule has 2 amide bonds. The second-order valence-corrected chi connectivity index (χ2v) is 8.49. The molecule has 0 saturated carbocycles. The summed E-state index contributed by atoms with van der Waals surface area (Å²) in [5, 5.41) is 11.1. The maximum atomic E-state index is 12.3. The molecule has 11 nitrogen and oxygen atoms in total. The lowest BCUT2D eigenvalue weighted by Gasteiger charge is -2.16. The zero-order valence-corrected chi connectivity index (χ0v) is 21.3. The van der Waals surface area contributed by atoms with Crippen LogP contribution in [0.2, 0.25) is 0 Å². The van der Waals surface area contributed by atoms with Gasteiger partial charge in [0.1, 0.15) is 5.75 Å². The summed E-state index contributed by atoms with van der Waals surface area (Å²) in [4.78, 5) is 39.3. The van der Waals surface area contributed by atoms with E-state index in [0.717, 1.165) is 12.0 Å². The van der Waals surface area contributed by atoms with Crippen LogP contribution in [0.5, 0.6) is 5.75 Å². The minimum atomic E-state index is -0.786. The number of esters is 1. The number of carbonyl (C=O) groups excluding carboxylic acids is 3. The molecule has 11 heteroatoms. The lowest BCUT2D eigenvalue weighted by atomic mass is 10.0. The topological polar surface area (TPSA) is 145 Å². The Morgan fingerprint density at radius 2 is 1.74 bits per heavy atom. The molecule has 0 radical (unpaired) electrons. The van der Waals surface area contributed by atoms with Crippen molar-refractivity contribution in [2.24, 2.45) is 4.99 Å². The van der Waals surface area contributed by atoms with Gasteiger partial charge in [-0.3, -0.25) is 10.0 Å². The van der Waals surface area contributed by atoms with E-state index >= 15 is 0 Å². The largest absolute Gasteiger partial charge is 0.493 e. The average Bonchev–Trinajstić information content (AvgIpc) is 3.40. The molecule has 0 aliphatic carbocycles. The van der Waals surface area contributed by atoms with Gasteiger partial charge in [0.05, 0.1) is 20.3 Å². The summed E-state index contributed by atoms with van der Waals surface area (Å²) in [6, 6.07) is 15.8. The van der Waals surface area contributed by atoms with E-state index in [0.29, 0.717) is 49.6 Å². The van der Waals surface area contributed by atoms with Crippen molar-refractivity contribution in [2.45, 2.75) is 44.2 Å². The molecule has 0 spiro atoms. The van der Waals surface area contributed by atoms with Crippen molar-refractivity contribution in [3.05, 3.63) is 65.7 Å². The van der Waals surface area contributed by atoms with Crippen LogP contribution < -0.4 is 15.5 Å². The molecule has 2 aromatic carbocycles. The van der Waals surface area contributed by atoms with Crippen LogP contribution in [-0.4, -0.2) is 62.0 Å². The van der Waals surface area contributed by atoms with E-state index < -0.39 is 30.1 Å². The van der Waals surface area contributed by atoms with E-state index in [1.54, 1.807) is 29.7 Å². The van der Waals surface area contributed by atoms with Crippen molar-refractivity contribution in [3.63, 3.8) is 0 Å². The van der Waals surface area contributed by atoms with Gasteiger partial charge in [0, 0.05) is 24.9 Å². The Labute approximate surface area is 221 Å². The Kier molecular flexibility index (Phi) is 11.4. The van der Waals surface area contributed by atoms with E-state index in [2.05, 4.69) is 10.3 Å². The zero-order valence-electron chi connectivity index (χ0n) is 21.3. The predicted octanol–water partition coefficient (Wildman–Crippen LogP) is 3.31. The lowest BCUT2D eigenvalue weighted by Crippen LogP contribution is -2.26. The third-order valence-corrected chi connectivity index (χ3v) is 5.72. The first-order chi connectivity index (χ1) is 18.5. The van der Waals surface area contributed by atoms with Crippen LogP contribution >= 0.6 is 0 Å². The number of methoxy groups -OCH3 is 1. The van der Waals surface area contributed by atoms with Gasteiger partial charge in [-0.1, -0.05) is 36.8 Å². The summed E-state index contributed by atoms with van der Waals surface area (Å²) < 4.78 is 21.8. The quantitative estimate of drug-likeness (QED) is 0.147. The number of ether oxygens (including phenoxy) is 4. The third kappa shape index (κ3) is 8.77. The van der Waals surface area contributed by atoms with Crippen molar-refractivity contribution < 1.29 is 38.5 Å². The highest BCUT2D eigenvalue weighted by Crippen LogP contribution is 2.32. The molecule has 1 aliphatic rings. The maximum Gasteiger partial charge on any atom is 0.407 e. The molecule has 1 aliphatic heterocycles. The maximum absolute atomic E-state index is 12.3. The minimum Gasteiger partial charge on any atom is -0.493 e. The van der Waals surface area contributed by atoms with Gasteiger partial charge in [-0.15, -0.1) is 0 Å². The summed E-state index contributed by atoms with van der Waals surface area (Å²) in [6.07, 6.45) is 1.79. The van der Waals surface area contributed by atoms with E-state index in [4.69, 9.17) is 24.2 Å². The van der Waals surface area contributed by atoms with E-state index in [-0.39, 0.29) is 13.0 Å². The molecule has 38 heavy (non-hydrogen) atoms. The van der Waals surface area contributed by atoms with Crippen LogP contribution in [0.15, 0.2) is 59.6 Å². The van der Waals surface area contributed by atoms with E-state index in [1.165, 1.54) is 7.11 Å². The van der Waals surface area contributed by atoms with Crippen molar-refractivity contribution >= 4 is 23.9 Å². The summed E-state index contributed by atoms with van der Waals surface area (Å²) in [6.45, 7) is 1.02. The summed E-state index contributed by atoms with van der Waals surface area (Å²) in [5.74, 6) is 0.111. The highest BCUT2D eigenvalue weighted by atomic mass is 16.6. The molecule has 2 atom stereocenters. The number of amides is 2.